The SMILES string of the molecule is O=C(O)c1ccc(-n2cc(NC(=O)c3cnn4ccc(N5C[C@H]6CC5CO6)nc34)c(C(F)F)n2)cc1. The number of amides is 1. The molecule has 4 aromatic rings. The summed E-state index contributed by atoms with van der Waals surface area (Å²) in [6.45, 7) is 1.34. The summed E-state index contributed by atoms with van der Waals surface area (Å²) < 4.78 is 35.7. The van der Waals surface area contributed by atoms with E-state index in [1.54, 1.807) is 6.20 Å². The summed E-state index contributed by atoms with van der Waals surface area (Å²) in [4.78, 5) is 30.9. The van der Waals surface area contributed by atoms with Crippen LogP contribution >= 0.6 is 0 Å². The molecule has 2 aliphatic rings. The van der Waals surface area contributed by atoms with E-state index in [0.29, 0.717) is 30.3 Å². The lowest BCUT2D eigenvalue weighted by molar-refractivity contribution is 0.0696. The van der Waals surface area contributed by atoms with E-state index in [1.165, 1.54) is 41.2 Å². The molecule has 1 unspecified atom stereocenters. The zero-order valence-corrected chi connectivity index (χ0v) is 18.6. The van der Waals surface area contributed by atoms with Crippen molar-refractivity contribution in [2.45, 2.75) is 25.0 Å². The highest BCUT2D eigenvalue weighted by Gasteiger charge is 2.39. The van der Waals surface area contributed by atoms with E-state index >= 15 is 0 Å². The van der Waals surface area contributed by atoms with Gasteiger partial charge in [-0.25, -0.2) is 27.8 Å². The number of hydrogen-bond donors (Lipinski definition) is 2. The first-order valence-corrected chi connectivity index (χ1v) is 11.1. The lowest BCUT2D eigenvalue weighted by Gasteiger charge is -2.27. The molecule has 6 rings (SSSR count). The van der Waals surface area contributed by atoms with Crippen molar-refractivity contribution in [3.63, 3.8) is 0 Å². The summed E-state index contributed by atoms with van der Waals surface area (Å²) in [5, 5.41) is 19.6. The van der Waals surface area contributed by atoms with Crippen LogP contribution < -0.4 is 10.2 Å². The predicted molar refractivity (Wildman–Crippen MR) is 122 cm³/mol. The van der Waals surface area contributed by atoms with Gasteiger partial charge in [0.05, 0.1) is 48.1 Å². The molecule has 1 aromatic carbocycles. The summed E-state index contributed by atoms with van der Waals surface area (Å²) in [7, 11) is 0. The fraction of sp³-hybridized carbons (Fsp3) is 0.261. The summed E-state index contributed by atoms with van der Waals surface area (Å²) in [6, 6.07) is 7.58. The molecule has 13 heteroatoms. The van der Waals surface area contributed by atoms with Crippen LogP contribution in [0.15, 0.2) is 48.9 Å². The number of morpholine rings is 1. The Kier molecular flexibility index (Phi) is 5.14. The summed E-state index contributed by atoms with van der Waals surface area (Å²) >= 11 is 0. The largest absolute Gasteiger partial charge is 0.478 e. The van der Waals surface area contributed by atoms with E-state index in [0.717, 1.165) is 11.1 Å². The molecule has 11 nitrogen and oxygen atoms in total. The van der Waals surface area contributed by atoms with Gasteiger partial charge in [0.15, 0.2) is 11.3 Å². The molecule has 2 fully saturated rings. The van der Waals surface area contributed by atoms with Crippen molar-refractivity contribution < 1.29 is 28.2 Å². The highest BCUT2D eigenvalue weighted by molar-refractivity contribution is 6.08. The van der Waals surface area contributed by atoms with Crippen LogP contribution in [-0.4, -0.2) is 66.7 Å². The van der Waals surface area contributed by atoms with Crippen LogP contribution in [0.3, 0.4) is 0 Å². The lowest BCUT2D eigenvalue weighted by atomic mass is 10.2. The maximum Gasteiger partial charge on any atom is 0.335 e. The highest BCUT2D eigenvalue weighted by Crippen LogP contribution is 2.32. The fourth-order valence-electron chi connectivity index (χ4n) is 4.58. The van der Waals surface area contributed by atoms with Crippen LogP contribution in [-0.2, 0) is 4.74 Å². The Labute approximate surface area is 201 Å². The quantitative estimate of drug-likeness (QED) is 0.418. The third-order valence-corrected chi connectivity index (χ3v) is 6.37. The van der Waals surface area contributed by atoms with Crippen molar-refractivity contribution in [1.82, 2.24) is 24.4 Å². The Balaban J connectivity index is 1.29. The number of hydrogen-bond acceptors (Lipinski definition) is 7. The summed E-state index contributed by atoms with van der Waals surface area (Å²) in [5.41, 5.74) is 0.0159. The average Bonchev–Trinajstić information content (AvgIpc) is 3.66. The molecule has 184 valence electrons. The van der Waals surface area contributed by atoms with Gasteiger partial charge in [0.2, 0.25) is 0 Å². The number of aromatic nitrogens is 5. The minimum Gasteiger partial charge on any atom is -0.478 e. The molecule has 2 aliphatic heterocycles. The van der Waals surface area contributed by atoms with Crippen LogP contribution in [0.4, 0.5) is 20.3 Å². The zero-order chi connectivity index (χ0) is 25.0. The Morgan fingerprint density at radius 1 is 1.19 bits per heavy atom. The minimum absolute atomic E-state index is 0.0442. The second kappa shape index (κ2) is 8.37. The molecule has 2 atom stereocenters. The predicted octanol–water partition coefficient (Wildman–Crippen LogP) is 2.78. The van der Waals surface area contributed by atoms with Crippen molar-refractivity contribution >= 4 is 29.0 Å². The molecule has 2 saturated heterocycles. The van der Waals surface area contributed by atoms with Crippen LogP contribution in [0.25, 0.3) is 11.3 Å². The van der Waals surface area contributed by atoms with Gasteiger partial charge in [-0.3, -0.25) is 4.79 Å². The van der Waals surface area contributed by atoms with Crippen LogP contribution in [0.5, 0.6) is 0 Å². The van der Waals surface area contributed by atoms with Gasteiger partial charge in [-0.15, -0.1) is 0 Å². The Morgan fingerprint density at radius 2 is 2.00 bits per heavy atom. The van der Waals surface area contributed by atoms with E-state index in [2.05, 4.69) is 25.4 Å². The first-order valence-electron chi connectivity index (χ1n) is 11.1. The number of fused-ring (bicyclic) bond motifs is 3. The molecule has 2 N–H and O–H groups in total. The topological polar surface area (TPSA) is 127 Å². The number of carboxylic acids is 1. The molecular weight excluding hydrogens is 476 g/mol. The molecule has 2 bridgehead atoms. The van der Waals surface area contributed by atoms with Gasteiger partial charge in [-0.2, -0.15) is 10.2 Å². The second-order valence-electron chi connectivity index (χ2n) is 8.59. The molecule has 3 aromatic heterocycles. The van der Waals surface area contributed by atoms with Gasteiger partial charge in [-0.1, -0.05) is 0 Å². The number of halogens is 2. The number of rotatable bonds is 6. The number of nitrogens with zero attached hydrogens (tertiary/aromatic N) is 6. The molecule has 0 radical (unpaired) electrons. The maximum absolute atomic E-state index is 13.7. The van der Waals surface area contributed by atoms with Crippen molar-refractivity contribution in [1.29, 1.82) is 0 Å². The molecule has 36 heavy (non-hydrogen) atoms. The van der Waals surface area contributed by atoms with E-state index in [9.17, 15) is 18.4 Å². The van der Waals surface area contributed by atoms with E-state index in [-0.39, 0.29) is 29.0 Å². The molecule has 0 saturated carbocycles. The van der Waals surface area contributed by atoms with E-state index in [4.69, 9.17) is 9.84 Å². The molecule has 1 amide bonds. The molecular formula is C23H19F2N7O4. The fourth-order valence-corrected chi connectivity index (χ4v) is 4.58. The van der Waals surface area contributed by atoms with Crippen molar-refractivity contribution in [3.8, 4) is 5.69 Å². The Morgan fingerprint density at radius 3 is 2.67 bits per heavy atom. The summed E-state index contributed by atoms with van der Waals surface area (Å²) in [5.74, 6) is -1.08. The van der Waals surface area contributed by atoms with Gasteiger partial charge in [0.25, 0.3) is 12.3 Å². The monoisotopic (exact) mass is 495 g/mol. The normalized spacial score (nSPS) is 18.9. The first kappa shape index (κ1) is 22.1. The number of ether oxygens (including phenoxy) is 1. The van der Waals surface area contributed by atoms with Gasteiger partial charge in [0.1, 0.15) is 11.4 Å². The number of anilines is 2. The van der Waals surface area contributed by atoms with Crippen molar-refractivity contribution in [3.05, 3.63) is 65.7 Å². The van der Waals surface area contributed by atoms with Crippen molar-refractivity contribution in [2.24, 2.45) is 0 Å². The average molecular weight is 495 g/mol. The van der Waals surface area contributed by atoms with Gasteiger partial charge in [-0.05, 0) is 36.8 Å². The minimum atomic E-state index is -2.96. The number of carboxylic acid groups (broad SMARTS) is 1. The van der Waals surface area contributed by atoms with Gasteiger partial charge < -0.3 is 20.1 Å². The maximum atomic E-state index is 13.7. The molecule has 0 spiro atoms. The number of carbonyl (C=O) groups excluding carboxylic acids is 1. The Hall–Kier alpha value is -4.39. The standard InChI is InChI=1S/C23H19F2N7O4/c24-20(25)19-17(10-32(29-19)13-3-1-12(2-4-13)23(34)35)27-22(33)16-8-26-31-6-5-18(28-21(16)31)30-9-15-7-14(30)11-36-15/h1-6,8,10,14-15,20H,7,9,11H2,(H,27,33)(H,34,35)/t14?,15-/m1/s1. The number of nitrogens with one attached hydrogen (secondary N) is 1. The Bertz CT molecular complexity index is 1480. The van der Waals surface area contributed by atoms with Crippen molar-refractivity contribution in [2.75, 3.05) is 23.4 Å². The third kappa shape index (κ3) is 3.73. The zero-order valence-electron chi connectivity index (χ0n) is 18.6. The van der Waals surface area contributed by atoms with Crippen LogP contribution in [0.1, 0.15) is 39.3 Å². The first-order chi connectivity index (χ1) is 17.4. The highest BCUT2D eigenvalue weighted by atomic mass is 19.3. The number of alkyl halides is 2. The number of carbonyl (C=O) groups is 2. The van der Waals surface area contributed by atoms with E-state index in [1.807, 2.05) is 6.07 Å². The molecule has 0 aliphatic carbocycles. The second-order valence-corrected chi connectivity index (χ2v) is 8.59. The third-order valence-electron chi connectivity index (χ3n) is 6.37. The van der Waals surface area contributed by atoms with Crippen LogP contribution in [0.2, 0.25) is 0 Å². The lowest BCUT2D eigenvalue weighted by Crippen LogP contribution is -2.37. The van der Waals surface area contributed by atoms with Gasteiger partial charge in [0, 0.05) is 12.7 Å². The smallest absolute Gasteiger partial charge is 0.335 e. The molecule has 5 heterocycles. The van der Waals surface area contributed by atoms with E-state index < -0.39 is 24.0 Å². The number of aromatic carboxylic acids is 1. The van der Waals surface area contributed by atoms with Crippen LogP contribution in [0, 0.1) is 0 Å². The summed E-state index contributed by atoms with van der Waals surface area (Å²) in [6.07, 6.45) is 2.42. The van der Waals surface area contributed by atoms with Gasteiger partial charge >= 0.3 is 5.97 Å². The number of benzene rings is 1.